The fraction of sp³-hybridized carbons (Fsp3) is 0.250. The molecule has 98 valence electrons. The van der Waals surface area contributed by atoms with Crippen molar-refractivity contribution in [2.24, 2.45) is 0 Å². The summed E-state index contributed by atoms with van der Waals surface area (Å²) >= 11 is 0. The Hall–Kier alpha value is -2.00. The van der Waals surface area contributed by atoms with Gasteiger partial charge in [-0.2, -0.15) is 0 Å². The number of aromatic hydroxyl groups is 1. The van der Waals surface area contributed by atoms with E-state index in [1.165, 1.54) is 0 Å². The van der Waals surface area contributed by atoms with Crippen molar-refractivity contribution < 1.29 is 14.6 Å². The third kappa shape index (κ3) is 2.56. The molecule has 0 saturated heterocycles. The monoisotopic (exact) mass is 256 g/mol. The SMILES string of the molecule is Oc1c(OCc2ccccc2)ccc2c1COCC2. The Kier molecular flexibility index (Phi) is 3.38. The summed E-state index contributed by atoms with van der Waals surface area (Å²) in [7, 11) is 0. The maximum atomic E-state index is 10.2. The lowest BCUT2D eigenvalue weighted by Crippen LogP contribution is -2.10. The fourth-order valence-corrected chi connectivity index (χ4v) is 2.26. The Morgan fingerprint density at radius 1 is 1.11 bits per heavy atom. The predicted octanol–water partition coefficient (Wildman–Crippen LogP) is 3.04. The number of hydrogen-bond acceptors (Lipinski definition) is 3. The lowest BCUT2D eigenvalue weighted by atomic mass is 10.0. The number of benzene rings is 2. The van der Waals surface area contributed by atoms with Gasteiger partial charge in [-0.05, 0) is 23.6 Å². The van der Waals surface area contributed by atoms with E-state index in [4.69, 9.17) is 9.47 Å². The zero-order chi connectivity index (χ0) is 13.1. The molecule has 0 atom stereocenters. The van der Waals surface area contributed by atoms with Gasteiger partial charge in [-0.25, -0.2) is 0 Å². The van der Waals surface area contributed by atoms with Crippen LogP contribution in [0, 0.1) is 0 Å². The third-order valence-electron chi connectivity index (χ3n) is 3.34. The van der Waals surface area contributed by atoms with E-state index in [-0.39, 0.29) is 5.75 Å². The second-order valence-electron chi connectivity index (χ2n) is 4.63. The van der Waals surface area contributed by atoms with Gasteiger partial charge in [0.25, 0.3) is 0 Å². The summed E-state index contributed by atoms with van der Waals surface area (Å²) in [6.45, 7) is 1.63. The normalized spacial score (nSPS) is 13.9. The Morgan fingerprint density at radius 2 is 1.95 bits per heavy atom. The Bertz CT molecular complexity index is 564. The molecular weight excluding hydrogens is 240 g/mol. The summed E-state index contributed by atoms with van der Waals surface area (Å²) in [5.41, 5.74) is 3.09. The van der Waals surface area contributed by atoms with Gasteiger partial charge in [0.2, 0.25) is 0 Å². The molecule has 19 heavy (non-hydrogen) atoms. The van der Waals surface area contributed by atoms with E-state index in [9.17, 15) is 5.11 Å². The highest BCUT2D eigenvalue weighted by atomic mass is 16.5. The van der Waals surface area contributed by atoms with Gasteiger partial charge in [-0.15, -0.1) is 0 Å². The number of phenols is 1. The number of fused-ring (bicyclic) bond motifs is 1. The number of phenolic OH excluding ortho intramolecular Hbond substituents is 1. The van der Waals surface area contributed by atoms with E-state index in [1.54, 1.807) is 0 Å². The van der Waals surface area contributed by atoms with Crippen molar-refractivity contribution in [1.29, 1.82) is 0 Å². The molecule has 0 aliphatic carbocycles. The smallest absolute Gasteiger partial charge is 0.163 e. The molecule has 1 aliphatic heterocycles. The molecule has 3 rings (SSSR count). The van der Waals surface area contributed by atoms with Crippen LogP contribution in [0.2, 0.25) is 0 Å². The molecule has 0 bridgehead atoms. The summed E-state index contributed by atoms with van der Waals surface area (Å²) in [5.74, 6) is 0.737. The first-order valence-electron chi connectivity index (χ1n) is 6.43. The van der Waals surface area contributed by atoms with E-state index < -0.39 is 0 Å². The van der Waals surface area contributed by atoms with E-state index in [0.29, 0.717) is 19.0 Å². The zero-order valence-corrected chi connectivity index (χ0v) is 10.6. The van der Waals surface area contributed by atoms with Crippen LogP contribution in [-0.4, -0.2) is 11.7 Å². The lowest BCUT2D eigenvalue weighted by Gasteiger charge is -2.19. The van der Waals surface area contributed by atoms with Crippen molar-refractivity contribution in [3.05, 3.63) is 59.2 Å². The summed E-state index contributed by atoms with van der Waals surface area (Å²) in [6.07, 6.45) is 0.849. The third-order valence-corrected chi connectivity index (χ3v) is 3.34. The molecular formula is C16H16O3. The molecule has 0 unspecified atom stereocenters. The second kappa shape index (κ2) is 5.33. The highest BCUT2D eigenvalue weighted by Gasteiger charge is 2.17. The minimum atomic E-state index is 0.216. The van der Waals surface area contributed by atoms with Crippen LogP contribution in [0.25, 0.3) is 0 Å². The maximum Gasteiger partial charge on any atom is 0.163 e. The van der Waals surface area contributed by atoms with Crippen molar-refractivity contribution in [3.63, 3.8) is 0 Å². The summed E-state index contributed by atoms with van der Waals surface area (Å²) in [6, 6.07) is 13.8. The van der Waals surface area contributed by atoms with E-state index in [0.717, 1.165) is 29.7 Å². The number of ether oxygens (including phenoxy) is 2. The van der Waals surface area contributed by atoms with Gasteiger partial charge in [-0.3, -0.25) is 0 Å². The Labute approximate surface area is 112 Å². The second-order valence-corrected chi connectivity index (χ2v) is 4.63. The van der Waals surface area contributed by atoms with Crippen LogP contribution < -0.4 is 4.74 Å². The zero-order valence-electron chi connectivity index (χ0n) is 10.6. The van der Waals surface area contributed by atoms with Crippen molar-refractivity contribution in [2.75, 3.05) is 6.61 Å². The Balaban J connectivity index is 1.78. The van der Waals surface area contributed by atoms with Crippen LogP contribution in [0.4, 0.5) is 0 Å². The maximum absolute atomic E-state index is 10.2. The van der Waals surface area contributed by atoms with Crippen LogP contribution in [0.1, 0.15) is 16.7 Å². The van der Waals surface area contributed by atoms with E-state index in [1.807, 2.05) is 42.5 Å². The fourth-order valence-electron chi connectivity index (χ4n) is 2.26. The molecule has 0 saturated carbocycles. The molecule has 1 N–H and O–H groups in total. The molecule has 0 radical (unpaired) electrons. The van der Waals surface area contributed by atoms with Crippen LogP contribution in [-0.2, 0) is 24.4 Å². The molecule has 0 aromatic heterocycles. The molecule has 3 heteroatoms. The highest BCUT2D eigenvalue weighted by molar-refractivity contribution is 5.50. The highest BCUT2D eigenvalue weighted by Crippen LogP contribution is 2.35. The van der Waals surface area contributed by atoms with Crippen LogP contribution in [0.15, 0.2) is 42.5 Å². The predicted molar refractivity (Wildman–Crippen MR) is 72.2 cm³/mol. The van der Waals surface area contributed by atoms with Crippen molar-refractivity contribution in [1.82, 2.24) is 0 Å². The molecule has 2 aromatic carbocycles. The van der Waals surface area contributed by atoms with Crippen LogP contribution in [0.5, 0.6) is 11.5 Å². The quantitative estimate of drug-likeness (QED) is 0.917. The summed E-state index contributed by atoms with van der Waals surface area (Å²) in [4.78, 5) is 0. The van der Waals surface area contributed by atoms with Crippen LogP contribution >= 0.6 is 0 Å². The molecule has 3 nitrogen and oxygen atoms in total. The Morgan fingerprint density at radius 3 is 2.79 bits per heavy atom. The van der Waals surface area contributed by atoms with Gasteiger partial charge < -0.3 is 14.6 Å². The van der Waals surface area contributed by atoms with E-state index >= 15 is 0 Å². The molecule has 1 aliphatic rings. The lowest BCUT2D eigenvalue weighted by molar-refractivity contribution is 0.108. The standard InChI is InChI=1S/C16H16O3/c17-16-14-11-18-9-8-13(14)6-7-15(16)19-10-12-4-2-1-3-5-12/h1-7,17H,8-11H2. The molecule has 1 heterocycles. The summed E-state index contributed by atoms with van der Waals surface area (Å²) in [5, 5.41) is 10.2. The van der Waals surface area contributed by atoms with Gasteiger partial charge >= 0.3 is 0 Å². The molecule has 0 spiro atoms. The van der Waals surface area contributed by atoms with Gasteiger partial charge in [0, 0.05) is 5.56 Å². The number of rotatable bonds is 3. The van der Waals surface area contributed by atoms with Gasteiger partial charge in [0.05, 0.1) is 13.2 Å². The van der Waals surface area contributed by atoms with Gasteiger partial charge in [0.1, 0.15) is 6.61 Å². The first kappa shape index (κ1) is 12.1. The minimum absolute atomic E-state index is 0.216. The van der Waals surface area contributed by atoms with E-state index in [2.05, 4.69) is 0 Å². The largest absolute Gasteiger partial charge is 0.504 e. The van der Waals surface area contributed by atoms with Crippen molar-refractivity contribution >= 4 is 0 Å². The van der Waals surface area contributed by atoms with Gasteiger partial charge in [0.15, 0.2) is 11.5 Å². The number of hydrogen-bond donors (Lipinski definition) is 1. The molecule has 0 fully saturated rings. The first-order chi connectivity index (χ1) is 9.34. The van der Waals surface area contributed by atoms with Crippen molar-refractivity contribution in [3.8, 4) is 11.5 Å². The first-order valence-corrected chi connectivity index (χ1v) is 6.43. The van der Waals surface area contributed by atoms with Crippen molar-refractivity contribution in [2.45, 2.75) is 19.6 Å². The average Bonchev–Trinajstić information content (AvgIpc) is 2.48. The molecule has 0 amide bonds. The van der Waals surface area contributed by atoms with Crippen LogP contribution in [0.3, 0.4) is 0 Å². The molecule has 2 aromatic rings. The minimum Gasteiger partial charge on any atom is -0.504 e. The average molecular weight is 256 g/mol. The summed E-state index contributed by atoms with van der Waals surface area (Å²) < 4.78 is 11.1. The van der Waals surface area contributed by atoms with Gasteiger partial charge in [-0.1, -0.05) is 36.4 Å². The topological polar surface area (TPSA) is 38.7 Å².